The second-order valence-electron chi connectivity index (χ2n) is 34.4. The largest absolute Gasteiger partial charge is 0.417 e. The van der Waals surface area contributed by atoms with E-state index in [0.717, 1.165) is 51.6 Å². The molecular weight excluding hydrogens is 2000 g/mol. The zero-order chi connectivity index (χ0) is 96.5. The fraction of sp³-hybridized carbons (Fsp3) is 0.190. The van der Waals surface area contributed by atoms with Gasteiger partial charge in [-0.1, -0.05) is 132 Å². The molecule has 0 fully saturated rings. The lowest BCUT2D eigenvalue weighted by atomic mass is 10.0. The lowest BCUT2D eigenvalue weighted by Gasteiger charge is -2.30. The van der Waals surface area contributed by atoms with Crippen molar-refractivity contribution in [2.24, 2.45) is 7.05 Å². The Hall–Kier alpha value is -15.1. The van der Waals surface area contributed by atoms with Gasteiger partial charge in [-0.25, -0.2) is 27.9 Å². The van der Waals surface area contributed by atoms with E-state index in [1.807, 2.05) is 146 Å². The van der Waals surface area contributed by atoms with Gasteiger partial charge in [0.15, 0.2) is 5.82 Å². The molecule has 698 valence electrons. The number of alkyl halides is 9. The molecule has 0 bridgehead atoms. The van der Waals surface area contributed by atoms with E-state index in [-0.39, 0.29) is 119 Å². The number of aromatic nitrogens is 18. The highest BCUT2D eigenvalue weighted by atomic mass is 79.9. The molecule has 9 aromatic heterocycles. The third-order valence-electron chi connectivity index (χ3n) is 25.8. The van der Waals surface area contributed by atoms with Crippen molar-refractivity contribution in [2.75, 3.05) is 19.6 Å². The number of benzene rings is 9. The van der Waals surface area contributed by atoms with Crippen molar-refractivity contribution in [3.63, 3.8) is 0 Å². The second kappa shape index (κ2) is 35.5. The molecule has 0 saturated carbocycles. The molecule has 9 aromatic carbocycles. The van der Waals surface area contributed by atoms with E-state index >= 15 is 14.4 Å². The van der Waals surface area contributed by atoms with Crippen molar-refractivity contribution in [1.82, 2.24) is 102 Å². The van der Waals surface area contributed by atoms with Gasteiger partial charge in [0.1, 0.15) is 34.9 Å². The Bertz CT molecular complexity index is 8220. The number of aryl methyl sites for hydroxylation is 1. The maximum atomic E-state index is 15.6. The molecule has 0 atom stereocenters. The van der Waals surface area contributed by atoms with Gasteiger partial charge in [0.25, 0.3) is 34.4 Å². The number of amides is 3. The molecular formula is C100H73Br3F9N21O6. The van der Waals surface area contributed by atoms with Gasteiger partial charge in [-0.3, -0.25) is 42.5 Å². The summed E-state index contributed by atoms with van der Waals surface area (Å²) >= 11 is 8.94. The SMILES string of the molecule is Cc1nnc(-c2ccc(-n3c(=O)c4c(n5ncc(Cc6ccc(Cc7cnnn7-c7ccc(-n8c(=O)c9c(n%10ncc(Cc%11cccc(Cc%12ncnn%12-c%12ccc(-n%13c(=O)c%14c(n%15ncc(Cc%16ccccc%16)c%13%15)CN(C(=O)c%13ccc(Br)c(C(F)(F)F)c%13)CC%14)cc%12)c%11)c8%10)CN(C(=O)c8ccc(Br)c(C(F)(F)F)c8)CC9)cc7)cc6)c35)CN(C(=O)c3ccc(Br)c(C(F)(F)F)c3)CC4)cc2)n1C. The first-order valence-corrected chi connectivity index (χ1v) is 46.2. The van der Waals surface area contributed by atoms with Gasteiger partial charge < -0.3 is 19.3 Å². The van der Waals surface area contributed by atoms with E-state index < -0.39 is 58.5 Å². The van der Waals surface area contributed by atoms with Gasteiger partial charge in [-0.2, -0.15) is 59.9 Å². The molecule has 0 radical (unpaired) electrons. The summed E-state index contributed by atoms with van der Waals surface area (Å²) in [4.78, 5) is 97.4. The maximum absolute atomic E-state index is 15.6. The third-order valence-corrected chi connectivity index (χ3v) is 27.9. The topological polar surface area (TPSA) is 271 Å². The summed E-state index contributed by atoms with van der Waals surface area (Å²) in [7, 11) is 1.85. The number of rotatable bonds is 19. The molecule has 0 aliphatic carbocycles. The quantitative estimate of drug-likeness (QED) is 0.0681. The first-order chi connectivity index (χ1) is 66.8. The lowest BCUT2D eigenvalue weighted by molar-refractivity contribution is -0.139. The number of hydrogen-bond acceptors (Lipinski definition) is 15. The van der Waals surface area contributed by atoms with E-state index in [1.54, 1.807) is 85.7 Å². The summed E-state index contributed by atoms with van der Waals surface area (Å²) in [6, 6.07) is 57.0. The fourth-order valence-corrected chi connectivity index (χ4v) is 20.2. The maximum Gasteiger partial charge on any atom is 0.417 e. The predicted octanol–water partition coefficient (Wildman–Crippen LogP) is 17.2. The molecule has 18 aromatic rings. The zero-order valence-electron chi connectivity index (χ0n) is 73.3. The Kier molecular flexibility index (Phi) is 23.1. The van der Waals surface area contributed by atoms with Crippen LogP contribution in [0.1, 0.15) is 143 Å². The van der Waals surface area contributed by atoms with Crippen molar-refractivity contribution >= 4 is 82.5 Å². The van der Waals surface area contributed by atoms with Crippen LogP contribution in [0.25, 0.3) is 56.8 Å². The summed E-state index contributed by atoms with van der Waals surface area (Å²) < 4.78 is 142. The van der Waals surface area contributed by atoms with Crippen LogP contribution in [-0.2, 0) is 96.6 Å². The van der Waals surface area contributed by atoms with Crippen LogP contribution >= 0.6 is 47.8 Å². The number of nitrogens with zero attached hydrogens (tertiary/aromatic N) is 21. The predicted molar refractivity (Wildman–Crippen MR) is 503 cm³/mol. The Morgan fingerprint density at radius 1 is 0.388 bits per heavy atom. The Morgan fingerprint density at radius 3 is 1.17 bits per heavy atom. The minimum absolute atomic E-state index is 0.00422. The van der Waals surface area contributed by atoms with Gasteiger partial charge >= 0.3 is 18.5 Å². The normalized spacial score (nSPS) is 13.6. The van der Waals surface area contributed by atoms with Crippen LogP contribution in [0.5, 0.6) is 0 Å². The second-order valence-corrected chi connectivity index (χ2v) is 36.9. The van der Waals surface area contributed by atoms with Crippen LogP contribution in [0, 0.1) is 6.92 Å². The van der Waals surface area contributed by atoms with Gasteiger partial charge in [-0.05, 0) is 181 Å². The Labute approximate surface area is 806 Å². The van der Waals surface area contributed by atoms with Crippen molar-refractivity contribution < 1.29 is 53.9 Å². The molecule has 3 amide bonds. The first-order valence-electron chi connectivity index (χ1n) is 43.9. The number of fused-ring (bicyclic) bond motifs is 9. The van der Waals surface area contributed by atoms with Crippen molar-refractivity contribution in [3.05, 3.63) is 411 Å². The number of carbonyl (C=O) groups is 3. The highest BCUT2D eigenvalue weighted by Crippen LogP contribution is 2.41. The third kappa shape index (κ3) is 16.8. The highest BCUT2D eigenvalue weighted by molar-refractivity contribution is 9.11. The van der Waals surface area contributed by atoms with Gasteiger partial charge in [-0.15, -0.1) is 15.3 Å². The molecule has 21 rings (SSSR count). The lowest BCUT2D eigenvalue weighted by Crippen LogP contribution is -2.41. The molecule has 3 aliphatic heterocycles. The van der Waals surface area contributed by atoms with E-state index in [1.165, 1.54) is 57.4 Å². The van der Waals surface area contributed by atoms with Crippen LogP contribution in [0.4, 0.5) is 39.5 Å². The van der Waals surface area contributed by atoms with E-state index in [4.69, 9.17) is 20.3 Å². The van der Waals surface area contributed by atoms with Crippen molar-refractivity contribution in [2.45, 2.75) is 96.5 Å². The Balaban J connectivity index is 0.560. The average molecular weight is 2080 g/mol. The fourth-order valence-electron chi connectivity index (χ4n) is 18.8. The molecule has 0 N–H and O–H groups in total. The minimum Gasteiger partial charge on any atom is -0.332 e. The summed E-state index contributed by atoms with van der Waals surface area (Å²) in [6.07, 6.45) is -4.42. The zero-order valence-corrected chi connectivity index (χ0v) is 78.1. The van der Waals surface area contributed by atoms with Crippen LogP contribution in [0.15, 0.2) is 265 Å². The smallest absolute Gasteiger partial charge is 0.332 e. The average Bonchev–Trinajstić information content (AvgIpc) is 1.65. The molecule has 12 heterocycles. The Morgan fingerprint density at radius 2 is 0.763 bits per heavy atom. The van der Waals surface area contributed by atoms with E-state index in [0.29, 0.717) is 132 Å². The molecule has 139 heavy (non-hydrogen) atoms. The summed E-state index contributed by atoms with van der Waals surface area (Å²) in [6.45, 7) is 1.53. The number of carbonyl (C=O) groups excluding carboxylic acids is 3. The van der Waals surface area contributed by atoms with Crippen LogP contribution in [0.3, 0.4) is 0 Å². The van der Waals surface area contributed by atoms with Gasteiger partial charge in [0, 0.05) is 128 Å². The van der Waals surface area contributed by atoms with Crippen LogP contribution < -0.4 is 16.7 Å². The summed E-state index contributed by atoms with van der Waals surface area (Å²) in [5.41, 5.74) is 9.30. The summed E-state index contributed by atoms with van der Waals surface area (Å²) in [5.74, 6) is -0.0831. The van der Waals surface area contributed by atoms with Gasteiger partial charge in [0.2, 0.25) is 0 Å². The number of halogens is 12. The van der Waals surface area contributed by atoms with E-state index in [2.05, 4.69) is 73.4 Å². The van der Waals surface area contributed by atoms with Crippen molar-refractivity contribution in [1.29, 1.82) is 0 Å². The summed E-state index contributed by atoms with van der Waals surface area (Å²) in [5, 5.41) is 36.7. The van der Waals surface area contributed by atoms with Gasteiger partial charge in [0.05, 0.1) is 112 Å². The molecule has 27 nitrogen and oxygen atoms in total. The molecule has 0 saturated heterocycles. The van der Waals surface area contributed by atoms with Crippen LogP contribution in [0.2, 0.25) is 0 Å². The van der Waals surface area contributed by atoms with Crippen LogP contribution in [-0.4, -0.2) is 139 Å². The molecule has 39 heteroatoms. The molecule has 0 spiro atoms. The standard InChI is InChI=1S/C100H73Br3F9N21O6/c1-56-119-120-88(122(56)2)62-15-20-69(21-16-62)126-90-67(49-116-132(90)84-52-123(36-33-75(84)95(126)137)92(134)63-17-30-81(101)78(45-63)98(104,105)106)41-58-11-13-59(14-12-58)43-74-51-114-121-129(74)72-26-22-70(23-27-72)128-91-68(50-117-133(91)86-54-125(38-35-77(86)97(128)139)94(136)65-19-32-83(103)80(47-65)100(110,111)112)42-60-9-6-10-61(39-60)44-87-113-55-118-130(87)73-28-24-71(25-29-73)127-89-66(40-57-7-4-3-5-8-57)48-115-131(89)85-53-124(37-34-76(85)96(127)138)93(135)64-18-31-82(102)79(46-64)99(107,108)109/h3-32,39,45-51,55H,33-38,40-44,52-54H2,1-2H3. The monoisotopic (exact) mass is 2070 g/mol. The first kappa shape index (κ1) is 90.4. The van der Waals surface area contributed by atoms with E-state index in [9.17, 15) is 53.9 Å². The molecule has 3 aliphatic rings. The van der Waals surface area contributed by atoms with Crippen molar-refractivity contribution in [3.8, 4) is 39.8 Å². The minimum atomic E-state index is -4.77. The molecule has 0 unspecified atom stereocenters. The number of hydrogen-bond donors (Lipinski definition) is 0. The highest BCUT2D eigenvalue weighted by Gasteiger charge is 2.40.